The van der Waals surface area contributed by atoms with Crippen LogP contribution in [0.3, 0.4) is 0 Å². The first-order chi connectivity index (χ1) is 10.1. The van der Waals surface area contributed by atoms with E-state index >= 15 is 0 Å². The van der Waals surface area contributed by atoms with Crippen molar-refractivity contribution in [2.75, 3.05) is 12.4 Å². The number of carbonyl (C=O) groups excluding carboxylic acids is 1. The summed E-state index contributed by atoms with van der Waals surface area (Å²) in [6, 6.07) is 9.44. The van der Waals surface area contributed by atoms with Crippen molar-refractivity contribution in [3.63, 3.8) is 0 Å². The normalized spacial score (nSPS) is 12.2. The average molecular weight is 287 g/mol. The summed E-state index contributed by atoms with van der Waals surface area (Å²) in [5.41, 5.74) is 3.35. The van der Waals surface area contributed by atoms with Gasteiger partial charge in [0.05, 0.1) is 17.1 Å². The second kappa shape index (κ2) is 6.54. The van der Waals surface area contributed by atoms with Gasteiger partial charge in [-0.1, -0.05) is 30.3 Å². The smallest absolute Gasteiger partial charge is 0.258 e. The third kappa shape index (κ3) is 3.13. The highest BCUT2D eigenvalue weighted by atomic mass is 16.5. The summed E-state index contributed by atoms with van der Waals surface area (Å²) in [5.74, 6) is -0.189. The van der Waals surface area contributed by atoms with Gasteiger partial charge in [0.1, 0.15) is 0 Å². The lowest BCUT2D eigenvalue weighted by molar-refractivity contribution is -0.126. The van der Waals surface area contributed by atoms with E-state index < -0.39 is 6.10 Å². The molecule has 0 aliphatic carbocycles. The summed E-state index contributed by atoms with van der Waals surface area (Å²) in [6.07, 6.45) is -0.630. The molecule has 0 radical (unpaired) electrons. The average Bonchev–Trinajstić information content (AvgIpc) is 2.76. The van der Waals surface area contributed by atoms with Gasteiger partial charge in [-0.2, -0.15) is 5.10 Å². The van der Waals surface area contributed by atoms with Crippen LogP contribution >= 0.6 is 0 Å². The van der Waals surface area contributed by atoms with Gasteiger partial charge >= 0.3 is 0 Å². The van der Waals surface area contributed by atoms with Gasteiger partial charge in [-0.15, -0.1) is 0 Å². The van der Waals surface area contributed by atoms with Crippen LogP contribution in [0, 0.1) is 13.8 Å². The second-order valence-electron chi connectivity index (χ2n) is 4.88. The van der Waals surface area contributed by atoms with Crippen molar-refractivity contribution < 1.29 is 9.53 Å². The Morgan fingerprint density at radius 2 is 2.00 bits per heavy atom. The molecule has 1 aromatic carbocycles. The fourth-order valence-electron chi connectivity index (χ4n) is 2.40. The minimum atomic E-state index is -0.630. The van der Waals surface area contributed by atoms with E-state index in [1.54, 1.807) is 0 Å². The lowest BCUT2D eigenvalue weighted by atomic mass is 10.1. The van der Waals surface area contributed by atoms with Crippen LogP contribution in [-0.4, -0.2) is 22.8 Å². The van der Waals surface area contributed by atoms with Gasteiger partial charge < -0.3 is 10.1 Å². The fourth-order valence-corrected chi connectivity index (χ4v) is 2.40. The second-order valence-corrected chi connectivity index (χ2v) is 4.88. The molecule has 0 aliphatic heterocycles. The molecule has 1 atom stereocenters. The SMILES string of the molecule is CCn1nc(C)c(NC(=O)[C@@H](OC)c2ccccc2)c1C. The molecule has 5 heteroatoms. The maximum atomic E-state index is 12.5. The van der Waals surface area contributed by atoms with Crippen LogP contribution in [-0.2, 0) is 16.1 Å². The van der Waals surface area contributed by atoms with Gasteiger partial charge in [0, 0.05) is 13.7 Å². The maximum Gasteiger partial charge on any atom is 0.258 e. The largest absolute Gasteiger partial charge is 0.367 e. The van der Waals surface area contributed by atoms with Crippen LogP contribution in [0.1, 0.15) is 30.0 Å². The summed E-state index contributed by atoms with van der Waals surface area (Å²) in [4.78, 5) is 12.5. The quantitative estimate of drug-likeness (QED) is 0.920. The molecule has 2 rings (SSSR count). The maximum absolute atomic E-state index is 12.5. The number of hydrogen-bond acceptors (Lipinski definition) is 3. The van der Waals surface area contributed by atoms with Gasteiger partial charge in [0.15, 0.2) is 6.10 Å². The molecule has 0 saturated carbocycles. The number of hydrogen-bond donors (Lipinski definition) is 1. The van der Waals surface area contributed by atoms with E-state index in [9.17, 15) is 4.79 Å². The van der Waals surface area contributed by atoms with E-state index in [1.165, 1.54) is 7.11 Å². The molecule has 1 aromatic heterocycles. The minimum Gasteiger partial charge on any atom is -0.367 e. The standard InChI is InChI=1S/C16H21N3O2/c1-5-19-12(3)14(11(2)18-19)17-16(20)15(21-4)13-9-7-6-8-10-13/h6-10,15H,5H2,1-4H3,(H,17,20)/t15-/m0/s1. The predicted molar refractivity (Wildman–Crippen MR) is 82.2 cm³/mol. The van der Waals surface area contributed by atoms with Crippen molar-refractivity contribution in [1.29, 1.82) is 0 Å². The molecule has 5 nitrogen and oxygen atoms in total. The number of ether oxygens (including phenoxy) is 1. The van der Waals surface area contributed by atoms with Crippen LogP contribution in [0.4, 0.5) is 5.69 Å². The number of amides is 1. The number of aromatic nitrogens is 2. The highest BCUT2D eigenvalue weighted by Gasteiger charge is 2.22. The van der Waals surface area contributed by atoms with E-state index in [1.807, 2.05) is 55.8 Å². The first-order valence-electron chi connectivity index (χ1n) is 7.01. The number of aryl methyl sites for hydroxylation is 2. The molecule has 0 unspecified atom stereocenters. The monoisotopic (exact) mass is 287 g/mol. The van der Waals surface area contributed by atoms with Gasteiger partial charge in [0.2, 0.25) is 0 Å². The first-order valence-corrected chi connectivity index (χ1v) is 7.01. The minimum absolute atomic E-state index is 0.189. The zero-order valence-electron chi connectivity index (χ0n) is 12.9. The van der Waals surface area contributed by atoms with Crippen LogP contribution in [0.2, 0.25) is 0 Å². The molecule has 1 heterocycles. The zero-order valence-corrected chi connectivity index (χ0v) is 12.9. The Kier molecular flexibility index (Phi) is 4.75. The number of nitrogens with zero attached hydrogens (tertiary/aromatic N) is 2. The van der Waals surface area contributed by atoms with E-state index in [2.05, 4.69) is 10.4 Å². The Balaban J connectivity index is 2.23. The number of rotatable bonds is 5. The summed E-state index contributed by atoms with van der Waals surface area (Å²) in [5, 5.41) is 7.34. The molecule has 0 bridgehead atoms. The van der Waals surface area contributed by atoms with Gasteiger partial charge in [-0.25, -0.2) is 0 Å². The van der Waals surface area contributed by atoms with Crippen LogP contribution in [0.25, 0.3) is 0 Å². The van der Waals surface area contributed by atoms with Crippen LogP contribution in [0.5, 0.6) is 0 Å². The lowest BCUT2D eigenvalue weighted by Gasteiger charge is -2.15. The molecule has 0 fully saturated rings. The molecule has 0 spiro atoms. The summed E-state index contributed by atoms with van der Waals surface area (Å²) in [6.45, 7) is 6.63. The third-order valence-electron chi connectivity index (χ3n) is 3.51. The van der Waals surface area contributed by atoms with Crippen molar-refractivity contribution in [1.82, 2.24) is 9.78 Å². The van der Waals surface area contributed by atoms with Crippen molar-refractivity contribution in [3.8, 4) is 0 Å². The number of nitrogens with one attached hydrogen (secondary N) is 1. The van der Waals surface area contributed by atoms with Crippen molar-refractivity contribution >= 4 is 11.6 Å². The lowest BCUT2D eigenvalue weighted by Crippen LogP contribution is -2.23. The number of carbonyl (C=O) groups is 1. The van der Waals surface area contributed by atoms with Gasteiger partial charge in [-0.05, 0) is 26.3 Å². The number of benzene rings is 1. The molecule has 112 valence electrons. The predicted octanol–water partition coefficient (Wildman–Crippen LogP) is 2.85. The molecule has 1 N–H and O–H groups in total. The van der Waals surface area contributed by atoms with E-state index in [0.717, 1.165) is 29.2 Å². The number of anilines is 1. The van der Waals surface area contributed by atoms with Crippen molar-refractivity contribution in [2.24, 2.45) is 0 Å². The molecular weight excluding hydrogens is 266 g/mol. The molecule has 21 heavy (non-hydrogen) atoms. The summed E-state index contributed by atoms with van der Waals surface area (Å²) in [7, 11) is 1.53. The molecule has 0 saturated heterocycles. The van der Waals surface area contributed by atoms with Crippen LogP contribution in [0.15, 0.2) is 30.3 Å². The van der Waals surface area contributed by atoms with Gasteiger partial charge in [-0.3, -0.25) is 9.48 Å². The Hall–Kier alpha value is -2.14. The fraction of sp³-hybridized carbons (Fsp3) is 0.375. The number of methoxy groups -OCH3 is 1. The Labute approximate surface area is 124 Å². The molecule has 1 amide bonds. The van der Waals surface area contributed by atoms with E-state index in [0.29, 0.717) is 0 Å². The first kappa shape index (κ1) is 15.3. The molecule has 2 aromatic rings. The highest BCUT2D eigenvalue weighted by molar-refractivity contribution is 5.95. The Bertz CT molecular complexity index is 620. The molecule has 0 aliphatic rings. The molecular formula is C16H21N3O2. The topological polar surface area (TPSA) is 56.2 Å². The van der Waals surface area contributed by atoms with Crippen molar-refractivity contribution in [3.05, 3.63) is 47.3 Å². The van der Waals surface area contributed by atoms with E-state index in [4.69, 9.17) is 4.74 Å². The Morgan fingerprint density at radius 1 is 1.33 bits per heavy atom. The zero-order chi connectivity index (χ0) is 15.4. The van der Waals surface area contributed by atoms with Crippen LogP contribution < -0.4 is 5.32 Å². The van der Waals surface area contributed by atoms with E-state index in [-0.39, 0.29) is 5.91 Å². The van der Waals surface area contributed by atoms with Crippen molar-refractivity contribution in [2.45, 2.75) is 33.4 Å². The Morgan fingerprint density at radius 3 is 2.52 bits per heavy atom. The highest BCUT2D eigenvalue weighted by Crippen LogP contribution is 2.23. The van der Waals surface area contributed by atoms with Gasteiger partial charge in [0.25, 0.3) is 5.91 Å². The summed E-state index contributed by atoms with van der Waals surface area (Å²) >= 11 is 0. The third-order valence-corrected chi connectivity index (χ3v) is 3.51. The summed E-state index contributed by atoms with van der Waals surface area (Å²) < 4.78 is 7.21.